The van der Waals surface area contributed by atoms with Gasteiger partial charge in [0.2, 0.25) is 0 Å². The molecule has 0 unspecified atom stereocenters. The summed E-state index contributed by atoms with van der Waals surface area (Å²) < 4.78 is 0. The molecule has 2 N–H and O–H groups in total. The van der Waals surface area contributed by atoms with Gasteiger partial charge in [-0.2, -0.15) is 5.10 Å². The fourth-order valence-corrected chi connectivity index (χ4v) is 3.60. The van der Waals surface area contributed by atoms with Crippen LogP contribution in [-0.4, -0.2) is 17.2 Å². The second kappa shape index (κ2) is 6.45. The Morgan fingerprint density at radius 1 is 1.04 bits per heavy atom. The van der Waals surface area contributed by atoms with Crippen LogP contribution in [0.15, 0.2) is 59.7 Å². The topological polar surface area (TPSA) is 53.5 Å². The predicted molar refractivity (Wildman–Crippen MR) is 102 cm³/mol. The maximum absolute atomic E-state index is 13.0. The van der Waals surface area contributed by atoms with Crippen molar-refractivity contribution in [1.29, 1.82) is 0 Å². The highest BCUT2D eigenvalue weighted by Crippen LogP contribution is 2.34. The summed E-state index contributed by atoms with van der Waals surface area (Å²) in [5, 5.41) is 7.82. The van der Waals surface area contributed by atoms with E-state index >= 15 is 0 Å². The smallest absolute Gasteiger partial charge is 0.264 e. The van der Waals surface area contributed by atoms with Gasteiger partial charge in [-0.05, 0) is 50.8 Å². The number of rotatable bonds is 3. The minimum Gasteiger partial charge on any atom is -0.294 e. The third kappa shape index (κ3) is 3.49. The molecular weight excluding hydrogens is 310 g/mol. The fraction of sp³-hybridized carbons (Fsp3) is 0.333. The summed E-state index contributed by atoms with van der Waals surface area (Å²) in [6, 6.07) is 17.9. The molecule has 2 aromatic rings. The number of nitrogens with zero attached hydrogens (tertiary/aromatic N) is 1. The van der Waals surface area contributed by atoms with Crippen LogP contribution in [0.1, 0.15) is 44.4 Å². The molecule has 0 saturated carbocycles. The van der Waals surface area contributed by atoms with Crippen LogP contribution in [0.4, 0.5) is 0 Å². The average Bonchev–Trinajstić information content (AvgIpc) is 2.59. The van der Waals surface area contributed by atoms with E-state index in [0.29, 0.717) is 0 Å². The Morgan fingerprint density at radius 3 is 2.40 bits per heavy atom. The number of carbonyl (C=O) groups excluding carboxylic acids is 1. The van der Waals surface area contributed by atoms with Crippen molar-refractivity contribution in [3.05, 3.63) is 71.3 Å². The van der Waals surface area contributed by atoms with E-state index in [4.69, 9.17) is 0 Å². The van der Waals surface area contributed by atoms with Gasteiger partial charge in [0.05, 0.1) is 5.71 Å². The number of benzene rings is 2. The monoisotopic (exact) mass is 335 g/mol. The van der Waals surface area contributed by atoms with Crippen LogP contribution in [0, 0.1) is 0 Å². The molecular formula is C21H25N3O. The fourth-order valence-electron chi connectivity index (χ4n) is 3.60. The summed E-state index contributed by atoms with van der Waals surface area (Å²) in [6.07, 6.45) is 0.887. The summed E-state index contributed by atoms with van der Waals surface area (Å²) >= 11 is 0. The number of hydrogen-bond acceptors (Lipinski definition) is 3. The zero-order valence-corrected chi connectivity index (χ0v) is 15.3. The lowest BCUT2D eigenvalue weighted by Gasteiger charge is -2.44. The summed E-state index contributed by atoms with van der Waals surface area (Å²) in [5.41, 5.74) is 5.75. The van der Waals surface area contributed by atoms with Gasteiger partial charge in [0.15, 0.2) is 0 Å². The zero-order valence-electron chi connectivity index (χ0n) is 15.3. The second-order valence-corrected chi connectivity index (χ2v) is 7.47. The van der Waals surface area contributed by atoms with Gasteiger partial charge in [0, 0.05) is 5.54 Å². The van der Waals surface area contributed by atoms with E-state index in [1.165, 1.54) is 5.56 Å². The van der Waals surface area contributed by atoms with Gasteiger partial charge in [0.1, 0.15) is 5.54 Å². The van der Waals surface area contributed by atoms with E-state index in [-0.39, 0.29) is 11.4 Å². The van der Waals surface area contributed by atoms with Crippen LogP contribution in [-0.2, 0) is 16.8 Å². The van der Waals surface area contributed by atoms with E-state index in [2.05, 4.69) is 35.8 Å². The van der Waals surface area contributed by atoms with E-state index in [0.717, 1.165) is 23.3 Å². The summed E-state index contributed by atoms with van der Waals surface area (Å²) in [7, 11) is 0. The lowest BCUT2D eigenvalue weighted by molar-refractivity contribution is -0.128. The summed E-state index contributed by atoms with van der Waals surface area (Å²) in [6.45, 7) is 8.06. The molecule has 0 spiro atoms. The molecule has 130 valence electrons. The molecule has 0 radical (unpaired) electrons. The number of hydrazone groups is 1. The maximum atomic E-state index is 13.0. The van der Waals surface area contributed by atoms with Gasteiger partial charge >= 0.3 is 0 Å². The second-order valence-electron chi connectivity index (χ2n) is 7.47. The van der Waals surface area contributed by atoms with Crippen molar-refractivity contribution >= 4 is 11.6 Å². The maximum Gasteiger partial charge on any atom is 0.264 e. The van der Waals surface area contributed by atoms with Crippen molar-refractivity contribution in [3.63, 3.8) is 0 Å². The van der Waals surface area contributed by atoms with Crippen LogP contribution in [0.25, 0.3) is 0 Å². The molecule has 0 aliphatic carbocycles. The Balaban J connectivity index is 1.88. The molecule has 2 aromatic carbocycles. The Kier molecular flexibility index (Phi) is 4.48. The highest BCUT2D eigenvalue weighted by Gasteiger charge is 2.44. The normalized spacial score (nSPS) is 22.2. The van der Waals surface area contributed by atoms with Crippen molar-refractivity contribution in [3.8, 4) is 0 Å². The van der Waals surface area contributed by atoms with Crippen LogP contribution in [0.2, 0.25) is 0 Å². The Bertz CT molecular complexity index is 811. The van der Waals surface area contributed by atoms with E-state index < -0.39 is 5.54 Å². The van der Waals surface area contributed by atoms with Crippen molar-refractivity contribution < 1.29 is 4.79 Å². The van der Waals surface area contributed by atoms with Gasteiger partial charge in [-0.3, -0.25) is 10.1 Å². The minimum absolute atomic E-state index is 0.150. The molecule has 1 heterocycles. The highest BCUT2D eigenvalue weighted by molar-refractivity contribution is 5.99. The number of carbonyl (C=O) groups is 1. The highest BCUT2D eigenvalue weighted by atomic mass is 16.2. The van der Waals surface area contributed by atoms with Crippen LogP contribution in [0.5, 0.6) is 0 Å². The number of hydrogen-bond donors (Lipinski definition) is 2. The lowest BCUT2D eigenvalue weighted by atomic mass is 9.76. The first-order valence-electron chi connectivity index (χ1n) is 8.60. The van der Waals surface area contributed by atoms with Gasteiger partial charge in [-0.25, -0.2) is 5.43 Å². The molecule has 1 amide bonds. The van der Waals surface area contributed by atoms with Crippen LogP contribution < -0.4 is 10.7 Å². The van der Waals surface area contributed by atoms with Crippen molar-refractivity contribution in [2.75, 3.05) is 0 Å². The van der Waals surface area contributed by atoms with Crippen molar-refractivity contribution in [2.45, 2.75) is 45.2 Å². The van der Waals surface area contributed by atoms with Gasteiger partial charge in [-0.1, -0.05) is 54.6 Å². The molecule has 3 rings (SSSR count). The van der Waals surface area contributed by atoms with Crippen molar-refractivity contribution in [1.82, 2.24) is 10.7 Å². The molecule has 0 bridgehead atoms. The van der Waals surface area contributed by atoms with Crippen LogP contribution in [0.3, 0.4) is 0 Å². The van der Waals surface area contributed by atoms with Gasteiger partial charge in [-0.15, -0.1) is 0 Å². The lowest BCUT2D eigenvalue weighted by Crippen LogP contribution is -2.62. The standard InChI is InChI=1S/C21H25N3O/c1-15(16-10-6-5-7-11-16)22-23-19(25)21(4)18-13-9-8-12-17(18)14-20(2,3)24-21/h5-13,24H,14H2,1-4H3,(H,23,25)/t21-/m0/s1. The molecule has 0 fully saturated rings. The quantitative estimate of drug-likeness (QED) is 0.667. The van der Waals surface area contributed by atoms with Gasteiger partial charge in [0.25, 0.3) is 5.91 Å². The van der Waals surface area contributed by atoms with E-state index in [1.54, 1.807) is 0 Å². The first kappa shape index (κ1) is 17.4. The third-order valence-electron chi connectivity index (χ3n) is 4.75. The largest absolute Gasteiger partial charge is 0.294 e. The van der Waals surface area contributed by atoms with Crippen LogP contribution >= 0.6 is 0 Å². The van der Waals surface area contributed by atoms with E-state index in [9.17, 15) is 4.79 Å². The Morgan fingerprint density at radius 2 is 1.68 bits per heavy atom. The predicted octanol–water partition coefficient (Wildman–Crippen LogP) is 3.37. The average molecular weight is 335 g/mol. The third-order valence-corrected chi connectivity index (χ3v) is 4.75. The van der Waals surface area contributed by atoms with Crippen molar-refractivity contribution in [2.24, 2.45) is 5.10 Å². The first-order chi connectivity index (χ1) is 11.8. The Labute approximate surface area is 149 Å². The zero-order chi connectivity index (χ0) is 18.1. The first-order valence-corrected chi connectivity index (χ1v) is 8.60. The summed E-state index contributed by atoms with van der Waals surface area (Å²) in [4.78, 5) is 13.0. The summed E-state index contributed by atoms with van der Waals surface area (Å²) in [5.74, 6) is -0.150. The van der Waals surface area contributed by atoms with E-state index in [1.807, 2.05) is 62.4 Å². The molecule has 4 heteroatoms. The molecule has 1 atom stereocenters. The SMILES string of the molecule is CC(=NNC(=O)[C@@]1(C)NC(C)(C)Cc2ccccc21)c1ccccc1. The molecule has 25 heavy (non-hydrogen) atoms. The molecule has 0 aromatic heterocycles. The number of amides is 1. The molecule has 1 aliphatic rings. The minimum atomic E-state index is -0.821. The molecule has 1 aliphatic heterocycles. The number of fused-ring (bicyclic) bond motifs is 1. The molecule has 4 nitrogen and oxygen atoms in total. The molecule has 0 saturated heterocycles. The van der Waals surface area contributed by atoms with Gasteiger partial charge < -0.3 is 0 Å². The Hall–Kier alpha value is -2.46. The number of nitrogens with one attached hydrogen (secondary N) is 2.